The van der Waals surface area contributed by atoms with Crippen LogP contribution in [-0.2, 0) is 36.6 Å². The molecule has 31 heteroatoms. The van der Waals surface area contributed by atoms with Crippen LogP contribution in [0, 0.1) is 0 Å². The number of benzene rings is 2. The van der Waals surface area contributed by atoms with Crippen LogP contribution in [0.4, 0.5) is 0 Å². The molecule has 8 atom stereocenters. The Labute approximate surface area is 473 Å². The van der Waals surface area contributed by atoms with E-state index in [0.29, 0.717) is 43.2 Å². The predicted octanol–water partition coefficient (Wildman–Crippen LogP) is -16.4. The van der Waals surface area contributed by atoms with E-state index in [1.807, 2.05) is 0 Å². The fourth-order valence-electron chi connectivity index (χ4n) is 5.72. The van der Waals surface area contributed by atoms with Crippen molar-refractivity contribution in [3.05, 3.63) is 81.7 Å². The number of hydrogen-bond acceptors (Lipinski definition) is 19. The van der Waals surface area contributed by atoms with E-state index in [4.69, 9.17) is 5.53 Å². The summed E-state index contributed by atoms with van der Waals surface area (Å²) in [5, 5.41) is 39.8. The van der Waals surface area contributed by atoms with Gasteiger partial charge in [0, 0.05) is 34.7 Å². The molecule has 1 fully saturated rings. The SMILES string of the molecule is [N-]=[N+]=NCCCC[C@H](NC(=O)c1ccc(C(=O)c2ccccc2)cc1)C(=O)NCCCCCCOP(=O)([O-])O[C@@H]1[C@H](O)[C@H](O)[C@@H](OP(=O)([O-])[O-])[C@H](OP(=O)([O-])[O-])[C@H]1O.[Na+].[Na+].[Na+].[Na+].[Na+]. The molecule has 0 radical (unpaired) electrons. The van der Waals surface area contributed by atoms with Gasteiger partial charge in [-0.15, -0.1) is 0 Å². The van der Waals surface area contributed by atoms with Gasteiger partial charge in [0.25, 0.3) is 13.7 Å². The third-order valence-electron chi connectivity index (χ3n) is 8.52. The van der Waals surface area contributed by atoms with E-state index in [0.717, 1.165) is 0 Å². The molecule has 0 aromatic heterocycles. The molecule has 1 saturated carbocycles. The van der Waals surface area contributed by atoms with Gasteiger partial charge in [0.05, 0.1) is 22.3 Å². The van der Waals surface area contributed by atoms with Crippen LogP contribution < -0.4 is 183 Å². The van der Waals surface area contributed by atoms with Crippen LogP contribution in [0.1, 0.15) is 71.2 Å². The zero-order valence-electron chi connectivity index (χ0n) is 35.5. The number of aliphatic hydroxyl groups excluding tert-OH is 3. The van der Waals surface area contributed by atoms with Gasteiger partial charge in [0.15, 0.2) is 5.78 Å². The number of phosphoric ester groups is 3. The number of aliphatic hydroxyl groups is 3. The third-order valence-corrected chi connectivity index (χ3v) is 10.5. The van der Waals surface area contributed by atoms with Crippen molar-refractivity contribution in [2.24, 2.45) is 5.11 Å². The summed E-state index contributed by atoms with van der Waals surface area (Å²) in [6, 6.07) is 13.5. The quantitative estimate of drug-likeness (QED) is 0.0124. The second-order valence-electron chi connectivity index (χ2n) is 12.8. The monoisotopic (exact) mass is 991 g/mol. The Morgan fingerprint density at radius 2 is 1.19 bits per heavy atom. The molecule has 0 spiro atoms. The first-order chi connectivity index (χ1) is 27.2. The number of nitrogens with zero attached hydrogens (tertiary/aromatic N) is 3. The van der Waals surface area contributed by atoms with Crippen LogP contribution in [0.5, 0.6) is 0 Å². The average molecular weight is 992 g/mol. The minimum atomic E-state index is -6.10. The summed E-state index contributed by atoms with van der Waals surface area (Å²) in [6.45, 7) is -0.164. The van der Waals surface area contributed by atoms with E-state index >= 15 is 0 Å². The molecular formula is C32H41N5Na5O18P3. The summed E-state index contributed by atoms with van der Waals surface area (Å²) in [5.41, 5.74) is 9.56. The van der Waals surface area contributed by atoms with E-state index in [-0.39, 0.29) is 185 Å². The Balaban J connectivity index is -0.00000720. The molecule has 63 heavy (non-hydrogen) atoms. The van der Waals surface area contributed by atoms with Gasteiger partial charge in [-0.25, -0.2) is 0 Å². The number of azide groups is 1. The average Bonchev–Trinajstić information content (AvgIpc) is 3.16. The predicted molar refractivity (Wildman–Crippen MR) is 188 cm³/mol. The van der Waals surface area contributed by atoms with Crippen LogP contribution in [0.3, 0.4) is 0 Å². The number of hydrogen-bond donors (Lipinski definition) is 5. The Bertz CT molecular complexity index is 1880. The second kappa shape index (κ2) is 34.0. The largest absolute Gasteiger partial charge is 1.00 e. The van der Waals surface area contributed by atoms with Crippen molar-refractivity contribution < 1.29 is 234 Å². The van der Waals surface area contributed by atoms with Gasteiger partial charge < -0.3 is 77.6 Å². The smallest absolute Gasteiger partial charge is 0.790 e. The molecule has 23 nitrogen and oxygen atoms in total. The van der Waals surface area contributed by atoms with E-state index in [1.165, 1.54) is 24.3 Å². The molecule has 2 amide bonds. The number of unbranched alkanes of at least 4 members (excludes halogenated alkanes) is 4. The molecular weight excluding hydrogens is 950 g/mol. The molecule has 0 aliphatic heterocycles. The van der Waals surface area contributed by atoms with Crippen LogP contribution in [0.15, 0.2) is 59.7 Å². The maximum absolute atomic E-state index is 13.1. The number of rotatable bonds is 24. The molecule has 1 aliphatic rings. The Morgan fingerprint density at radius 1 is 0.683 bits per heavy atom. The van der Waals surface area contributed by atoms with Gasteiger partial charge in [0.2, 0.25) is 5.91 Å². The number of amides is 2. The Kier molecular flexibility index (Phi) is 37.1. The minimum Gasteiger partial charge on any atom is -0.790 e. The maximum Gasteiger partial charge on any atom is 1.00 e. The van der Waals surface area contributed by atoms with Crippen LogP contribution >= 0.6 is 23.5 Å². The van der Waals surface area contributed by atoms with E-state index in [9.17, 15) is 67.9 Å². The molecule has 2 aromatic carbocycles. The van der Waals surface area contributed by atoms with Gasteiger partial charge in [-0.1, -0.05) is 66.8 Å². The summed E-state index contributed by atoms with van der Waals surface area (Å²) < 4.78 is 51.8. The van der Waals surface area contributed by atoms with Gasteiger partial charge in [0.1, 0.15) is 42.7 Å². The molecule has 1 unspecified atom stereocenters. The molecule has 2 aromatic rings. The maximum atomic E-state index is 13.1. The second-order valence-corrected chi connectivity index (χ2v) is 16.4. The van der Waals surface area contributed by atoms with Crippen molar-refractivity contribution in [3.63, 3.8) is 0 Å². The van der Waals surface area contributed by atoms with Crippen molar-refractivity contribution >= 4 is 41.1 Å². The Morgan fingerprint density at radius 3 is 1.75 bits per heavy atom. The standard InChI is InChI=1S/C32H46N5O18P3.5Na/c33-37-35-18-8-6-12-23(36-31(42)22-15-13-21(14-16-22)24(38)20-10-4-3-5-11-20)32(43)34-17-7-1-2-9-19-52-58(50,51)55-28-25(39)26(40)29(53-56(44,45)46)30(27(28)41)54-57(47,48)49;;;;;/h3-5,10-11,13-16,23,25-30,39-41H,1-2,6-9,12,17-19H2,(H,34,43)(H,36,42)(H,50,51)(H2,44,45,46)(H2,47,48,49);;;;;/q;5*+1/p-5/t23-,25+,26-,27-,28+,29+,30+;;;;;/m0...../s1. The molecule has 0 saturated heterocycles. The molecule has 0 bridgehead atoms. The fourth-order valence-corrected chi connectivity index (χ4v) is 7.77. The summed E-state index contributed by atoms with van der Waals surface area (Å²) >= 11 is 0. The first-order valence-corrected chi connectivity index (χ1v) is 22.0. The van der Waals surface area contributed by atoms with E-state index < -0.39 is 84.6 Å². The summed E-state index contributed by atoms with van der Waals surface area (Å²) in [7, 11) is -17.6. The van der Waals surface area contributed by atoms with Crippen molar-refractivity contribution in [3.8, 4) is 0 Å². The van der Waals surface area contributed by atoms with Crippen molar-refractivity contribution in [1.82, 2.24) is 10.6 Å². The fraction of sp³-hybridized carbons (Fsp3) is 0.531. The van der Waals surface area contributed by atoms with Crippen LogP contribution in [0.2, 0.25) is 0 Å². The third kappa shape index (κ3) is 25.3. The van der Waals surface area contributed by atoms with Gasteiger partial charge in [-0.2, -0.15) is 0 Å². The molecule has 1 aliphatic carbocycles. The summed E-state index contributed by atoms with van der Waals surface area (Å²) in [6.07, 6.45) is -13.3. The minimum absolute atomic E-state index is 0. The summed E-state index contributed by atoms with van der Waals surface area (Å²) in [4.78, 5) is 98.4. The number of carbonyl (C=O) groups excluding carboxylic acids is 3. The van der Waals surface area contributed by atoms with Gasteiger partial charge in [-0.05, 0) is 43.3 Å². The normalized spacial score (nSPS) is 20.8. The van der Waals surface area contributed by atoms with Gasteiger partial charge >= 0.3 is 148 Å². The molecule has 3 rings (SSSR count). The van der Waals surface area contributed by atoms with Crippen LogP contribution in [0.25, 0.3) is 10.4 Å². The Hall–Kier alpha value is 1.57. The van der Waals surface area contributed by atoms with E-state index in [2.05, 4.69) is 38.8 Å². The van der Waals surface area contributed by atoms with Crippen molar-refractivity contribution in [2.45, 2.75) is 87.6 Å². The first kappa shape index (κ1) is 68.8. The first-order valence-electron chi connectivity index (χ1n) is 17.6. The van der Waals surface area contributed by atoms with Crippen LogP contribution in [-0.4, -0.2) is 95.3 Å². The topological polar surface area (TPSA) is 388 Å². The summed E-state index contributed by atoms with van der Waals surface area (Å²) in [5.74, 6) is -1.28. The number of phosphoric acid groups is 3. The number of nitrogens with one attached hydrogen (secondary N) is 2. The molecule has 5 N–H and O–H groups in total. The van der Waals surface area contributed by atoms with E-state index in [1.54, 1.807) is 30.3 Å². The van der Waals surface area contributed by atoms with Gasteiger partial charge in [-0.3, -0.25) is 18.9 Å². The molecule has 0 heterocycles. The van der Waals surface area contributed by atoms with Crippen molar-refractivity contribution in [1.29, 1.82) is 0 Å². The zero-order chi connectivity index (χ0) is 43.1. The number of carbonyl (C=O) groups is 3. The zero-order valence-corrected chi connectivity index (χ0v) is 48.1. The van der Waals surface area contributed by atoms with Crippen molar-refractivity contribution in [2.75, 3.05) is 19.7 Å². The molecule has 322 valence electrons. The number of ketones is 1.